The molecule has 1 heterocycles. The number of fused-ring (bicyclic) bond motifs is 1. The summed E-state index contributed by atoms with van der Waals surface area (Å²) in [6.45, 7) is 1.72. The average molecular weight is 278 g/mol. The zero-order valence-electron chi connectivity index (χ0n) is 11.1. The van der Waals surface area contributed by atoms with Crippen LogP contribution in [0.1, 0.15) is 6.92 Å². The van der Waals surface area contributed by atoms with Crippen LogP contribution in [0.25, 0.3) is 0 Å². The molecule has 0 radical (unpaired) electrons. The molecular weight excluding hydrogens is 264 g/mol. The minimum Gasteiger partial charge on any atom is -0.482 e. The van der Waals surface area contributed by atoms with Crippen molar-refractivity contribution in [2.75, 3.05) is 30.5 Å². The van der Waals surface area contributed by atoms with Crippen LogP contribution in [0.3, 0.4) is 0 Å². The molecule has 1 aromatic rings. The third-order valence-corrected chi connectivity index (χ3v) is 2.76. The molecule has 2 rings (SSSR count). The van der Waals surface area contributed by atoms with Gasteiger partial charge in [0, 0.05) is 12.7 Å². The first-order valence-corrected chi connectivity index (χ1v) is 6.04. The standard InChI is InChI=1S/C13H14N2O5/c1-3-19-13(18)12(17)14-8-4-5-10-9(6-8)15(2)11(16)7-20-10/h4-6H,3,7H2,1-2H3,(H,14,17). The first-order chi connectivity index (χ1) is 9.52. The molecule has 0 saturated heterocycles. The zero-order valence-corrected chi connectivity index (χ0v) is 11.1. The predicted octanol–water partition coefficient (Wildman–Crippen LogP) is 0.543. The normalized spacial score (nSPS) is 13.3. The van der Waals surface area contributed by atoms with E-state index in [1.165, 1.54) is 4.90 Å². The van der Waals surface area contributed by atoms with Gasteiger partial charge < -0.3 is 19.7 Å². The lowest BCUT2D eigenvalue weighted by Gasteiger charge is -2.26. The summed E-state index contributed by atoms with van der Waals surface area (Å²) in [5, 5.41) is 2.41. The Bertz CT molecular complexity index is 570. The molecule has 1 aliphatic heterocycles. The number of likely N-dealkylation sites (N-methyl/N-ethyl adjacent to an activating group) is 1. The van der Waals surface area contributed by atoms with E-state index in [-0.39, 0.29) is 19.1 Å². The Morgan fingerprint density at radius 2 is 2.20 bits per heavy atom. The summed E-state index contributed by atoms with van der Waals surface area (Å²) < 4.78 is 9.84. The summed E-state index contributed by atoms with van der Waals surface area (Å²) in [5.41, 5.74) is 0.912. The molecule has 7 nitrogen and oxygen atoms in total. The van der Waals surface area contributed by atoms with Crippen molar-refractivity contribution < 1.29 is 23.9 Å². The maximum atomic E-state index is 11.5. The fourth-order valence-electron chi connectivity index (χ4n) is 1.73. The number of hydrogen-bond acceptors (Lipinski definition) is 5. The van der Waals surface area contributed by atoms with Crippen LogP contribution in [-0.4, -0.2) is 38.0 Å². The van der Waals surface area contributed by atoms with Crippen LogP contribution >= 0.6 is 0 Å². The van der Waals surface area contributed by atoms with Gasteiger partial charge in [0.2, 0.25) is 0 Å². The fraction of sp³-hybridized carbons (Fsp3) is 0.308. The highest BCUT2D eigenvalue weighted by molar-refractivity contribution is 6.37. The lowest BCUT2D eigenvalue weighted by Crippen LogP contribution is -2.35. The number of amides is 2. The van der Waals surface area contributed by atoms with E-state index in [1.807, 2.05) is 0 Å². The Morgan fingerprint density at radius 1 is 1.45 bits per heavy atom. The van der Waals surface area contributed by atoms with Gasteiger partial charge in [-0.25, -0.2) is 4.79 Å². The lowest BCUT2D eigenvalue weighted by molar-refractivity contribution is -0.152. The van der Waals surface area contributed by atoms with E-state index in [2.05, 4.69) is 10.1 Å². The summed E-state index contributed by atoms with van der Waals surface area (Å²) in [5.74, 6) is -1.46. The molecule has 7 heteroatoms. The van der Waals surface area contributed by atoms with Crippen molar-refractivity contribution in [2.24, 2.45) is 0 Å². The molecule has 1 N–H and O–H groups in total. The molecule has 0 spiro atoms. The first-order valence-electron chi connectivity index (χ1n) is 6.04. The van der Waals surface area contributed by atoms with Crippen molar-refractivity contribution in [3.8, 4) is 5.75 Å². The summed E-state index contributed by atoms with van der Waals surface area (Å²) >= 11 is 0. The minimum absolute atomic E-state index is 0.0158. The van der Waals surface area contributed by atoms with E-state index >= 15 is 0 Å². The number of esters is 1. The number of rotatable bonds is 2. The Hall–Kier alpha value is -2.57. The highest BCUT2D eigenvalue weighted by Gasteiger charge is 2.23. The van der Waals surface area contributed by atoms with E-state index in [0.29, 0.717) is 17.1 Å². The van der Waals surface area contributed by atoms with E-state index in [4.69, 9.17) is 4.74 Å². The van der Waals surface area contributed by atoms with Crippen LogP contribution in [0, 0.1) is 0 Å². The third-order valence-electron chi connectivity index (χ3n) is 2.76. The van der Waals surface area contributed by atoms with Crippen LogP contribution in [0.4, 0.5) is 11.4 Å². The molecule has 0 unspecified atom stereocenters. The number of anilines is 2. The van der Waals surface area contributed by atoms with Gasteiger partial charge in [-0.2, -0.15) is 0 Å². The van der Waals surface area contributed by atoms with Crippen molar-refractivity contribution in [1.29, 1.82) is 0 Å². The van der Waals surface area contributed by atoms with Gasteiger partial charge >= 0.3 is 11.9 Å². The number of nitrogens with one attached hydrogen (secondary N) is 1. The smallest absolute Gasteiger partial charge is 0.397 e. The SMILES string of the molecule is CCOC(=O)C(=O)Nc1ccc2c(c1)N(C)C(=O)CO2. The van der Waals surface area contributed by atoms with Gasteiger partial charge in [-0.1, -0.05) is 0 Å². The van der Waals surface area contributed by atoms with E-state index in [0.717, 1.165) is 0 Å². The number of carbonyl (C=O) groups excluding carboxylic acids is 3. The van der Waals surface area contributed by atoms with Crippen molar-refractivity contribution in [3.63, 3.8) is 0 Å². The molecule has 0 atom stereocenters. The Labute approximate surface area is 115 Å². The van der Waals surface area contributed by atoms with Crippen molar-refractivity contribution in [3.05, 3.63) is 18.2 Å². The van der Waals surface area contributed by atoms with Gasteiger partial charge in [0.1, 0.15) is 5.75 Å². The van der Waals surface area contributed by atoms with Crippen LogP contribution < -0.4 is 15.0 Å². The van der Waals surface area contributed by atoms with Gasteiger partial charge in [-0.15, -0.1) is 0 Å². The zero-order chi connectivity index (χ0) is 14.7. The molecule has 0 aromatic heterocycles. The van der Waals surface area contributed by atoms with Crippen LogP contribution in [0.15, 0.2) is 18.2 Å². The van der Waals surface area contributed by atoms with E-state index in [1.54, 1.807) is 32.2 Å². The largest absolute Gasteiger partial charge is 0.482 e. The van der Waals surface area contributed by atoms with Crippen LogP contribution in [0.2, 0.25) is 0 Å². The molecule has 2 amide bonds. The number of hydrogen-bond donors (Lipinski definition) is 1. The highest BCUT2D eigenvalue weighted by atomic mass is 16.5. The van der Waals surface area contributed by atoms with Gasteiger partial charge in [0.15, 0.2) is 6.61 Å². The summed E-state index contributed by atoms with van der Waals surface area (Å²) in [7, 11) is 1.61. The number of nitrogens with zero attached hydrogens (tertiary/aromatic N) is 1. The van der Waals surface area contributed by atoms with E-state index in [9.17, 15) is 14.4 Å². The third kappa shape index (κ3) is 2.71. The molecule has 0 saturated carbocycles. The molecule has 0 aliphatic carbocycles. The minimum atomic E-state index is -0.953. The highest BCUT2D eigenvalue weighted by Crippen LogP contribution is 2.33. The molecule has 106 valence electrons. The number of carbonyl (C=O) groups is 3. The summed E-state index contributed by atoms with van der Waals surface area (Å²) in [6, 6.07) is 4.77. The molecule has 0 fully saturated rings. The van der Waals surface area contributed by atoms with Crippen molar-refractivity contribution >= 4 is 29.2 Å². The Kier molecular flexibility index (Phi) is 3.88. The van der Waals surface area contributed by atoms with E-state index < -0.39 is 11.9 Å². The summed E-state index contributed by atoms with van der Waals surface area (Å²) in [4.78, 5) is 35.7. The maximum Gasteiger partial charge on any atom is 0.397 e. The van der Waals surface area contributed by atoms with Gasteiger partial charge in [0.05, 0.1) is 12.3 Å². The summed E-state index contributed by atoms with van der Waals surface area (Å²) in [6.07, 6.45) is 0. The molecule has 1 aliphatic rings. The fourth-order valence-corrected chi connectivity index (χ4v) is 1.73. The second-order valence-corrected chi connectivity index (χ2v) is 4.10. The monoisotopic (exact) mass is 278 g/mol. The van der Waals surface area contributed by atoms with Crippen LogP contribution in [0.5, 0.6) is 5.75 Å². The molecule has 0 bridgehead atoms. The van der Waals surface area contributed by atoms with Crippen molar-refractivity contribution in [2.45, 2.75) is 6.92 Å². The lowest BCUT2D eigenvalue weighted by atomic mass is 10.2. The molecule has 1 aromatic carbocycles. The maximum absolute atomic E-state index is 11.5. The van der Waals surface area contributed by atoms with Gasteiger partial charge in [-0.05, 0) is 25.1 Å². The Balaban J connectivity index is 2.17. The second-order valence-electron chi connectivity index (χ2n) is 4.10. The van der Waals surface area contributed by atoms with Crippen molar-refractivity contribution in [1.82, 2.24) is 0 Å². The average Bonchev–Trinajstić information content (AvgIpc) is 2.43. The molecule has 20 heavy (non-hydrogen) atoms. The second kappa shape index (κ2) is 5.60. The quantitative estimate of drug-likeness (QED) is 0.630. The number of benzene rings is 1. The van der Waals surface area contributed by atoms with Crippen LogP contribution in [-0.2, 0) is 19.1 Å². The topological polar surface area (TPSA) is 84.9 Å². The number of ether oxygens (including phenoxy) is 2. The molecular formula is C13H14N2O5. The van der Waals surface area contributed by atoms with Gasteiger partial charge in [0.25, 0.3) is 5.91 Å². The van der Waals surface area contributed by atoms with Gasteiger partial charge in [-0.3, -0.25) is 9.59 Å². The Morgan fingerprint density at radius 3 is 2.90 bits per heavy atom. The predicted molar refractivity (Wildman–Crippen MR) is 70.6 cm³/mol. The first kappa shape index (κ1) is 13.9.